The van der Waals surface area contributed by atoms with Crippen molar-refractivity contribution in [2.45, 2.75) is 64.5 Å². The molecule has 0 amide bonds. The van der Waals surface area contributed by atoms with Crippen molar-refractivity contribution in [2.24, 2.45) is 0 Å². The van der Waals surface area contributed by atoms with Gasteiger partial charge in [-0.1, -0.05) is 11.8 Å². The molecule has 0 aromatic carbocycles. The Kier molecular flexibility index (Phi) is 7.01. The number of carbonyl (C=O) groups is 4. The molecule has 5 atom stereocenters. The number of ether oxygens (including phenoxy) is 4. The molecule has 0 unspecified atom stereocenters. The average molecular weight is 348 g/mol. The van der Waals surface area contributed by atoms with Gasteiger partial charge >= 0.3 is 17.9 Å². The number of thioether (sulfide) groups is 1. The minimum Gasteiger partial charge on any atom is -0.457 e. The van der Waals surface area contributed by atoms with Crippen LogP contribution in [0, 0.1) is 0 Å². The van der Waals surface area contributed by atoms with Crippen LogP contribution in [-0.4, -0.2) is 52.9 Å². The monoisotopic (exact) mass is 348 g/mol. The Bertz CT molecular complexity index is 491. The molecule has 8 nitrogen and oxygen atoms in total. The molecule has 1 saturated heterocycles. The van der Waals surface area contributed by atoms with Crippen LogP contribution < -0.4 is 0 Å². The van der Waals surface area contributed by atoms with Gasteiger partial charge in [-0.25, -0.2) is 0 Å². The molecule has 1 rings (SSSR count). The smallest absolute Gasteiger partial charge is 0.305 e. The summed E-state index contributed by atoms with van der Waals surface area (Å²) in [5.74, 6) is -1.91. The van der Waals surface area contributed by atoms with Crippen molar-refractivity contribution < 1.29 is 38.1 Å². The van der Waals surface area contributed by atoms with Gasteiger partial charge in [-0.3, -0.25) is 19.2 Å². The van der Waals surface area contributed by atoms with Crippen molar-refractivity contribution in [1.29, 1.82) is 0 Å². The standard InChI is InChI=1S/C14H20O8S/c1-6-13(23-10(5)18)11(20-7(2)15)12(21-8(3)16)14(19-6)22-9(4)17/h6,11-14H,1-5H3/t6-,11-,12-,13+,14-/m1/s1. The Morgan fingerprint density at radius 3 is 1.74 bits per heavy atom. The highest BCUT2D eigenvalue weighted by molar-refractivity contribution is 8.14. The van der Waals surface area contributed by atoms with Gasteiger partial charge in [0.1, 0.15) is 0 Å². The molecule has 0 saturated carbocycles. The zero-order chi connectivity index (χ0) is 17.7. The van der Waals surface area contributed by atoms with Crippen LogP contribution in [0.5, 0.6) is 0 Å². The van der Waals surface area contributed by atoms with Gasteiger partial charge < -0.3 is 18.9 Å². The third kappa shape index (κ3) is 5.83. The molecule has 1 aliphatic rings. The largest absolute Gasteiger partial charge is 0.457 e. The van der Waals surface area contributed by atoms with Crippen molar-refractivity contribution in [3.63, 3.8) is 0 Å². The molecule has 1 aliphatic heterocycles. The van der Waals surface area contributed by atoms with Crippen LogP contribution in [0.1, 0.15) is 34.6 Å². The Balaban J connectivity index is 3.15. The summed E-state index contributed by atoms with van der Waals surface area (Å²) < 4.78 is 20.9. The summed E-state index contributed by atoms with van der Waals surface area (Å²) in [6.45, 7) is 6.55. The second kappa shape index (κ2) is 8.30. The number of esters is 3. The third-order valence-corrected chi connectivity index (χ3v) is 4.17. The second-order valence-electron chi connectivity index (χ2n) is 5.04. The minimum atomic E-state index is -1.22. The molecule has 9 heteroatoms. The van der Waals surface area contributed by atoms with Gasteiger partial charge in [0.05, 0.1) is 11.4 Å². The van der Waals surface area contributed by atoms with E-state index in [9.17, 15) is 19.2 Å². The van der Waals surface area contributed by atoms with Gasteiger partial charge in [-0.15, -0.1) is 0 Å². The number of carbonyl (C=O) groups excluding carboxylic acids is 4. The van der Waals surface area contributed by atoms with Gasteiger partial charge in [-0.05, 0) is 6.92 Å². The molecular formula is C14H20O8S. The fourth-order valence-electron chi connectivity index (χ4n) is 2.23. The van der Waals surface area contributed by atoms with Crippen LogP contribution in [0.4, 0.5) is 0 Å². The highest BCUT2D eigenvalue weighted by atomic mass is 32.2. The van der Waals surface area contributed by atoms with E-state index in [-0.39, 0.29) is 5.12 Å². The summed E-state index contributed by atoms with van der Waals surface area (Å²) in [7, 11) is 0. The lowest BCUT2D eigenvalue weighted by molar-refractivity contribution is -0.261. The zero-order valence-electron chi connectivity index (χ0n) is 13.6. The fraction of sp³-hybridized carbons (Fsp3) is 0.714. The van der Waals surface area contributed by atoms with Crippen LogP contribution >= 0.6 is 11.8 Å². The number of rotatable bonds is 4. The van der Waals surface area contributed by atoms with Crippen LogP contribution in [-0.2, 0) is 38.1 Å². The average Bonchev–Trinajstić information content (AvgIpc) is 2.36. The first-order valence-electron chi connectivity index (χ1n) is 6.96. The predicted octanol–water partition coefficient (Wildman–Crippen LogP) is 0.806. The Labute approximate surface area is 138 Å². The van der Waals surface area contributed by atoms with E-state index >= 15 is 0 Å². The first kappa shape index (κ1) is 19.4. The van der Waals surface area contributed by atoms with E-state index in [0.29, 0.717) is 0 Å². The molecule has 0 radical (unpaired) electrons. The molecule has 0 spiro atoms. The molecule has 130 valence electrons. The normalized spacial score (nSPS) is 30.2. The maximum absolute atomic E-state index is 11.5. The lowest BCUT2D eigenvalue weighted by Gasteiger charge is -2.43. The van der Waals surface area contributed by atoms with E-state index in [4.69, 9.17) is 18.9 Å². The van der Waals surface area contributed by atoms with Crippen molar-refractivity contribution in [1.82, 2.24) is 0 Å². The predicted molar refractivity (Wildman–Crippen MR) is 79.3 cm³/mol. The minimum absolute atomic E-state index is 0.213. The van der Waals surface area contributed by atoms with E-state index < -0.39 is 47.8 Å². The van der Waals surface area contributed by atoms with Crippen LogP contribution in [0.25, 0.3) is 0 Å². The molecule has 23 heavy (non-hydrogen) atoms. The van der Waals surface area contributed by atoms with E-state index in [0.717, 1.165) is 11.8 Å². The molecular weight excluding hydrogens is 328 g/mol. The van der Waals surface area contributed by atoms with Crippen molar-refractivity contribution in [3.8, 4) is 0 Å². The number of hydrogen-bond donors (Lipinski definition) is 0. The lowest BCUT2D eigenvalue weighted by Crippen LogP contribution is -2.59. The summed E-state index contributed by atoms with van der Waals surface area (Å²) in [5, 5.41) is -0.817. The van der Waals surface area contributed by atoms with Crippen LogP contribution in [0.15, 0.2) is 0 Å². The van der Waals surface area contributed by atoms with Gasteiger partial charge in [0.15, 0.2) is 11.2 Å². The van der Waals surface area contributed by atoms with E-state index in [1.165, 1.54) is 27.7 Å². The topological polar surface area (TPSA) is 105 Å². The highest BCUT2D eigenvalue weighted by Gasteiger charge is 2.50. The molecule has 1 fully saturated rings. The summed E-state index contributed by atoms with van der Waals surface area (Å²) in [5.41, 5.74) is 0. The Morgan fingerprint density at radius 1 is 0.826 bits per heavy atom. The highest BCUT2D eigenvalue weighted by Crippen LogP contribution is 2.34. The molecule has 0 aromatic heterocycles. The Hall–Kier alpha value is -1.61. The quantitative estimate of drug-likeness (QED) is 0.539. The molecule has 0 N–H and O–H groups in total. The lowest BCUT2D eigenvalue weighted by atomic mass is 10.0. The maximum Gasteiger partial charge on any atom is 0.305 e. The summed E-state index contributed by atoms with van der Waals surface area (Å²) >= 11 is 0.912. The summed E-state index contributed by atoms with van der Waals surface area (Å²) in [6, 6.07) is 0. The van der Waals surface area contributed by atoms with E-state index in [2.05, 4.69) is 0 Å². The van der Waals surface area contributed by atoms with Crippen LogP contribution in [0.3, 0.4) is 0 Å². The molecule has 0 aromatic rings. The first-order chi connectivity index (χ1) is 10.6. The van der Waals surface area contributed by atoms with Crippen molar-refractivity contribution in [3.05, 3.63) is 0 Å². The fourth-order valence-corrected chi connectivity index (χ4v) is 3.21. The van der Waals surface area contributed by atoms with Crippen LogP contribution in [0.2, 0.25) is 0 Å². The zero-order valence-corrected chi connectivity index (χ0v) is 14.4. The number of hydrogen-bond acceptors (Lipinski definition) is 9. The second-order valence-corrected chi connectivity index (χ2v) is 6.40. The third-order valence-electron chi connectivity index (χ3n) is 2.92. The van der Waals surface area contributed by atoms with Gasteiger partial charge in [0.2, 0.25) is 12.4 Å². The maximum atomic E-state index is 11.5. The molecule has 0 aliphatic carbocycles. The van der Waals surface area contributed by atoms with Crippen molar-refractivity contribution in [2.75, 3.05) is 0 Å². The summed E-state index contributed by atoms with van der Waals surface area (Å²) in [4.78, 5) is 45.4. The van der Waals surface area contributed by atoms with Gasteiger partial charge in [0, 0.05) is 27.7 Å². The SMILES string of the molecule is CC(=O)O[C@H]1O[C@H](C)[C@H](SC(C)=O)[C@H](OC(C)=O)[C@H]1OC(C)=O. The summed E-state index contributed by atoms with van der Waals surface area (Å²) in [6.07, 6.45) is -3.95. The van der Waals surface area contributed by atoms with Gasteiger partial charge in [0.25, 0.3) is 0 Å². The Morgan fingerprint density at radius 2 is 1.30 bits per heavy atom. The first-order valence-corrected chi connectivity index (χ1v) is 7.84. The van der Waals surface area contributed by atoms with Gasteiger partial charge in [-0.2, -0.15) is 0 Å². The van der Waals surface area contributed by atoms with E-state index in [1.807, 2.05) is 0 Å². The van der Waals surface area contributed by atoms with Crippen molar-refractivity contribution >= 4 is 34.8 Å². The van der Waals surface area contributed by atoms with E-state index in [1.54, 1.807) is 6.92 Å². The molecule has 1 heterocycles. The molecule has 0 bridgehead atoms.